The topological polar surface area (TPSA) is 420 Å². The zero-order chi connectivity index (χ0) is 88.3. The molecule has 32 heteroatoms. The van der Waals surface area contributed by atoms with E-state index in [1.165, 1.54) is 68.0 Å². The molecule has 0 bridgehead atoms. The van der Waals surface area contributed by atoms with Crippen molar-refractivity contribution in [1.82, 2.24) is 57.7 Å². The van der Waals surface area contributed by atoms with E-state index in [4.69, 9.17) is 31.9 Å². The quantitative estimate of drug-likeness (QED) is 0.00334. The average Bonchev–Trinajstić information content (AvgIpc) is 0.867. The number of carbonyl (C=O) groups is 9. The van der Waals surface area contributed by atoms with Gasteiger partial charge in [-0.05, 0) is 160 Å². The first-order valence-corrected chi connectivity index (χ1v) is 35.0. The summed E-state index contributed by atoms with van der Waals surface area (Å²) in [5, 5.41) is 21.0. The minimum absolute atomic E-state index is 0.0495. The van der Waals surface area contributed by atoms with Gasteiger partial charge in [-0.3, -0.25) is 44.7 Å². The lowest BCUT2D eigenvalue weighted by molar-refractivity contribution is -0.290. The number of carbonyl (C=O) groups excluding carboxylic acids is 9. The summed E-state index contributed by atoms with van der Waals surface area (Å²) in [6, 6.07) is 1.54. The highest BCUT2D eigenvalue weighted by Crippen LogP contribution is 2.26. The average molecular weight is 1630 g/mol. The van der Waals surface area contributed by atoms with Gasteiger partial charge in [0.05, 0.1) is 6.61 Å². The molecular weight excluding hydrogens is 1500 g/mol. The van der Waals surface area contributed by atoms with E-state index in [2.05, 4.69) is 231 Å². The molecule has 0 aromatic rings. The minimum atomic E-state index is -0.755. The van der Waals surface area contributed by atoms with Gasteiger partial charge in [-0.15, -0.1) is 0 Å². The second-order valence-electron chi connectivity index (χ2n) is 24.6. The monoisotopic (exact) mass is 1630 g/mol. The van der Waals surface area contributed by atoms with Gasteiger partial charge in [-0.25, -0.2) is 53.5 Å². The number of primary amides is 2. The number of allylic oxidation sites excluding steroid dienone is 5. The van der Waals surface area contributed by atoms with Crippen LogP contribution in [0.4, 0.5) is 14.4 Å². The van der Waals surface area contributed by atoms with Crippen LogP contribution in [0.15, 0.2) is 195 Å². The van der Waals surface area contributed by atoms with Crippen LogP contribution in [0.1, 0.15) is 149 Å². The minimum Gasteiger partial charge on any atom is -0.403 e. The zero-order valence-electron chi connectivity index (χ0n) is 69.5. The van der Waals surface area contributed by atoms with Crippen molar-refractivity contribution < 1.29 is 82.3 Å². The fourth-order valence-corrected chi connectivity index (χ4v) is 6.34. The first kappa shape index (κ1) is 119. The molecule has 12 amide bonds. The molecule has 15 N–H and O–H groups in total. The molecule has 0 aliphatic carbocycles. The van der Waals surface area contributed by atoms with E-state index in [0.29, 0.717) is 65.2 Å². The van der Waals surface area contributed by atoms with Crippen LogP contribution in [0.5, 0.6) is 0 Å². The van der Waals surface area contributed by atoms with Crippen molar-refractivity contribution in [3.63, 3.8) is 0 Å². The van der Waals surface area contributed by atoms with Gasteiger partial charge in [0.15, 0.2) is 20.2 Å². The molecule has 2 aliphatic rings. The molecule has 0 radical (unpaired) electrons. The molecule has 0 saturated carbocycles. The molecule has 2 fully saturated rings. The lowest BCUT2D eigenvalue weighted by Gasteiger charge is -2.38. The van der Waals surface area contributed by atoms with Crippen LogP contribution in [-0.4, -0.2) is 156 Å². The molecule has 0 aromatic carbocycles. The smallest absolute Gasteiger partial charge is 0.324 e. The number of hydrogen-bond acceptors (Lipinski definition) is 21. The third-order valence-corrected chi connectivity index (χ3v) is 11.5. The molecule has 2 unspecified atom stereocenters. The molecule has 2 heterocycles. The molecule has 2 rings (SSSR count). The fourth-order valence-electron chi connectivity index (χ4n) is 6.24. The van der Waals surface area contributed by atoms with Crippen LogP contribution >= 0.6 is 15.9 Å². The Morgan fingerprint density at radius 2 is 0.739 bits per heavy atom. The van der Waals surface area contributed by atoms with E-state index in [-0.39, 0.29) is 64.5 Å². The summed E-state index contributed by atoms with van der Waals surface area (Å²) in [7, 11) is 1.58. The molecule has 0 aromatic heterocycles. The summed E-state index contributed by atoms with van der Waals surface area (Å²) < 4.78 is 0. The third kappa shape index (κ3) is 99.8. The van der Waals surface area contributed by atoms with Gasteiger partial charge in [0.1, 0.15) is 26.4 Å². The van der Waals surface area contributed by atoms with E-state index >= 15 is 0 Å². The summed E-state index contributed by atoms with van der Waals surface area (Å²) in [6.45, 7) is 90.3. The SMILES string of the molecule is C=C(C)C(=O)NC.C=C(C)C(=O)NC#CBr.C=C(C)C(=O)NC=O.C=C(C)C(N)=O.C=C(C)C(N)=O.C=C(C)C1CCCCN1C(=C)C.C=C(C)C1CCCCN1C(=C)C.C=C(C)COOCCNC(=O)NCOOCC(=C)C.C=C(C)COOCNC(=O)NC(=O)NCOOCC(=C)C.C=C(C)N.C=C(C)NC(=C)C. The van der Waals surface area contributed by atoms with Crippen molar-refractivity contribution in [1.29, 1.82) is 0 Å². The predicted octanol–water partition coefficient (Wildman–Crippen LogP) is 11.5. The number of likely N-dealkylation sites (N-methyl/N-ethyl adjacent to an activating group) is 1. The Bertz CT molecular complexity index is 2930. The van der Waals surface area contributed by atoms with Crippen molar-refractivity contribution in [2.24, 2.45) is 17.2 Å². The van der Waals surface area contributed by atoms with Gasteiger partial charge in [0.2, 0.25) is 24.1 Å². The molecule has 31 nitrogen and oxygen atoms in total. The normalized spacial score (nSPS) is 11.8. The maximum atomic E-state index is 11.2. The van der Waals surface area contributed by atoms with Gasteiger partial charge < -0.3 is 58.9 Å². The number of likely N-dealkylation sites (tertiary alicyclic amines) is 2. The highest BCUT2D eigenvalue weighted by molar-refractivity contribution is 9.12. The predicted molar refractivity (Wildman–Crippen MR) is 449 cm³/mol. The number of halogens is 1. The van der Waals surface area contributed by atoms with E-state index < -0.39 is 29.8 Å². The van der Waals surface area contributed by atoms with Crippen molar-refractivity contribution >= 4 is 70.0 Å². The van der Waals surface area contributed by atoms with E-state index in [1.807, 2.05) is 31.4 Å². The highest BCUT2D eigenvalue weighted by atomic mass is 79.9. The van der Waals surface area contributed by atoms with Crippen LogP contribution in [-0.2, 0) is 67.9 Å². The molecule has 0 spiro atoms. The highest BCUT2D eigenvalue weighted by Gasteiger charge is 2.23. The molecule has 111 heavy (non-hydrogen) atoms. The van der Waals surface area contributed by atoms with Gasteiger partial charge in [0.25, 0.3) is 11.8 Å². The van der Waals surface area contributed by atoms with Crippen molar-refractivity contribution in [2.45, 2.75) is 161 Å². The Morgan fingerprint density at radius 3 is 0.946 bits per heavy atom. The number of piperidine rings is 2. The Balaban J connectivity index is -0.000000152. The van der Waals surface area contributed by atoms with Gasteiger partial charge in [-0.2, -0.15) is 0 Å². The molecule has 2 saturated heterocycles. The van der Waals surface area contributed by atoms with Crippen LogP contribution in [0.2, 0.25) is 0 Å². The van der Waals surface area contributed by atoms with Crippen LogP contribution in [0.25, 0.3) is 0 Å². The van der Waals surface area contributed by atoms with E-state index in [0.717, 1.165) is 46.8 Å². The maximum Gasteiger partial charge on any atom is 0.324 e. The molecule has 2 atom stereocenters. The number of urea groups is 3. The third-order valence-electron chi connectivity index (χ3n) is 11.3. The second-order valence-corrected chi connectivity index (χ2v) is 25.0. The largest absolute Gasteiger partial charge is 0.403 e. The number of imide groups is 2. The van der Waals surface area contributed by atoms with E-state index in [9.17, 15) is 43.2 Å². The Hall–Kier alpha value is -10.2. The summed E-state index contributed by atoms with van der Waals surface area (Å²) >= 11 is 2.82. The number of amides is 12. The second kappa shape index (κ2) is 79.3. The Morgan fingerprint density at radius 1 is 0.432 bits per heavy atom. The van der Waals surface area contributed by atoms with Crippen LogP contribution in [0.3, 0.4) is 0 Å². The number of nitrogens with zero attached hydrogens (tertiary/aromatic N) is 2. The van der Waals surface area contributed by atoms with Gasteiger partial charge in [0, 0.05) is 111 Å². The van der Waals surface area contributed by atoms with Crippen LogP contribution < -0.4 is 65.1 Å². The maximum absolute atomic E-state index is 11.2. The summed E-state index contributed by atoms with van der Waals surface area (Å²) in [4.78, 5) is 139. The number of hydrogen-bond donors (Lipinski definition) is 12. The van der Waals surface area contributed by atoms with Crippen molar-refractivity contribution in [3.05, 3.63) is 195 Å². The van der Waals surface area contributed by atoms with Crippen LogP contribution in [0, 0.1) is 10.9 Å². The standard InChI is InChI=1S/C12H21N3O6.C12H22N2O5.2C11H19N.C6H6BrNO.C6H11N.C5H7NO2.C5H9NO.2C4H7NO.C3H7N/c1-9(2)5-18-20-7-13-11(16)15-12(17)14-8-21-19-6-10(3)4;1-10(2)7-17-16-6-5-13-12(15)14-9-19-18-8-11(3)4;2*1-9(2)11-7-5-6-8-12(11)10(3)4;1-5(2)6(9)8-4-3-7;1-5(2)7-6(3)4;1-4(2)5(8)6-3-7;1-4(2)5(7)6-3;2*1-3(2)4(5)6;1-3(2)4/h1,3,5-8H2,2,4H3,(H3,13,14,15,16,17);1,3,5-9H2,2,4H3,(H2,13,14,15);2*11H,1,3,5-8H2,2,4H3;1H2,2H3,(H,8,9);7H,1,3H2,2,4H3;3H,1H2,2H3,(H,6,7,8);1H2,2-3H3,(H,6,7);2*1H2,2H3,(H2,5,6);1,4H2,2H3. The Kier molecular flexibility index (Phi) is 85.2. The first-order valence-electron chi connectivity index (χ1n) is 34.2. The van der Waals surface area contributed by atoms with Crippen molar-refractivity contribution in [3.8, 4) is 10.9 Å². The van der Waals surface area contributed by atoms with E-state index in [1.54, 1.807) is 62.4 Å². The Labute approximate surface area is 671 Å². The van der Waals surface area contributed by atoms with Gasteiger partial charge >= 0.3 is 18.1 Å². The first-order chi connectivity index (χ1) is 51.4. The summed E-state index contributed by atoms with van der Waals surface area (Å²) in [5.41, 5.74) is 27.1. The molecule has 630 valence electrons. The molecule has 2 aliphatic heterocycles. The number of rotatable bonds is 33. The molecular formula is C79H135BrN14O17. The fraction of sp³-hybridized carbons (Fsp3) is 0.456. The lowest BCUT2D eigenvalue weighted by Crippen LogP contribution is -2.45. The number of nitrogens with one attached hydrogen (secondary N) is 9. The number of nitrogens with two attached hydrogens (primary N) is 3. The zero-order valence-corrected chi connectivity index (χ0v) is 71.1. The van der Waals surface area contributed by atoms with Crippen molar-refractivity contribution in [2.75, 3.05) is 79.9 Å². The summed E-state index contributed by atoms with van der Waals surface area (Å²) in [5.74, 6) is -1.65. The van der Waals surface area contributed by atoms with Gasteiger partial charge in [-0.1, -0.05) is 139 Å². The summed E-state index contributed by atoms with van der Waals surface area (Å²) in [6.07, 6.45) is 8.11. The lowest BCUT2D eigenvalue weighted by atomic mass is 9.97.